The molecule has 0 rings (SSSR count). The topological polar surface area (TPSA) is 35.5 Å². The summed E-state index contributed by atoms with van der Waals surface area (Å²) in [5, 5.41) is 0. The molecular formula is C7H12O3. The Morgan fingerprint density at radius 3 is 2.80 bits per heavy atom. The molecule has 58 valence electrons. The number of hydrogen-bond acceptors (Lipinski definition) is 3. The maximum atomic E-state index is 9.79. The molecule has 0 heterocycles. The summed E-state index contributed by atoms with van der Waals surface area (Å²) < 4.78 is 9.42. The lowest BCUT2D eigenvalue weighted by molar-refractivity contribution is -0.107. The van der Waals surface area contributed by atoms with E-state index in [1.165, 1.54) is 6.26 Å². The third-order valence-electron chi connectivity index (χ3n) is 0.830. The summed E-state index contributed by atoms with van der Waals surface area (Å²) in [6.45, 7) is 0.261. The molecule has 0 saturated heterocycles. The van der Waals surface area contributed by atoms with E-state index < -0.39 is 0 Å². The smallest absolute Gasteiger partial charge is 0.187 e. The van der Waals surface area contributed by atoms with Gasteiger partial charge in [-0.1, -0.05) is 0 Å². The van der Waals surface area contributed by atoms with Crippen molar-refractivity contribution in [1.29, 1.82) is 0 Å². The van der Waals surface area contributed by atoms with Crippen molar-refractivity contribution < 1.29 is 14.3 Å². The number of carbonyl (C=O) groups is 1. The Kier molecular flexibility index (Phi) is 7.49. The van der Waals surface area contributed by atoms with Crippen LogP contribution in [0.3, 0.4) is 0 Å². The zero-order valence-electron chi connectivity index (χ0n) is 6.08. The van der Waals surface area contributed by atoms with E-state index in [9.17, 15) is 4.79 Å². The minimum Gasteiger partial charge on any atom is -0.476 e. The maximum absolute atomic E-state index is 9.79. The molecule has 0 saturated carbocycles. The summed E-state index contributed by atoms with van der Waals surface area (Å²) in [4.78, 5) is 9.79. The van der Waals surface area contributed by atoms with Crippen LogP contribution in [0.2, 0.25) is 0 Å². The fourth-order valence-electron chi connectivity index (χ4n) is 0.408. The van der Waals surface area contributed by atoms with Gasteiger partial charge in [-0.3, -0.25) is 0 Å². The number of methoxy groups -OCH3 is 1. The Morgan fingerprint density at radius 1 is 1.40 bits per heavy atom. The predicted octanol–water partition coefficient (Wildman–Crippen LogP) is 1.10. The second kappa shape index (κ2) is 8.17. The van der Waals surface area contributed by atoms with Crippen molar-refractivity contribution in [3.8, 4) is 0 Å². The molecule has 0 spiro atoms. The average molecular weight is 144 g/mol. The highest BCUT2D eigenvalue weighted by Crippen LogP contribution is 1.87. The third kappa shape index (κ3) is 7.17. The molecule has 0 aromatic rings. The van der Waals surface area contributed by atoms with Crippen LogP contribution in [0.5, 0.6) is 0 Å². The van der Waals surface area contributed by atoms with Crippen molar-refractivity contribution in [2.45, 2.75) is 12.8 Å². The highest BCUT2D eigenvalue weighted by Gasteiger charge is 1.77. The fourth-order valence-corrected chi connectivity index (χ4v) is 0.408. The molecule has 0 unspecified atom stereocenters. The van der Waals surface area contributed by atoms with Crippen LogP contribution in [0, 0.1) is 0 Å². The summed E-state index contributed by atoms with van der Waals surface area (Å²) in [7, 11) is 1.55. The molecule has 0 aliphatic rings. The highest BCUT2D eigenvalue weighted by atomic mass is 16.7. The lowest BCUT2D eigenvalue weighted by Crippen LogP contribution is -1.87. The van der Waals surface area contributed by atoms with Gasteiger partial charge in [0, 0.05) is 13.5 Å². The van der Waals surface area contributed by atoms with Gasteiger partial charge in [-0.2, -0.15) is 0 Å². The van der Waals surface area contributed by atoms with Crippen LogP contribution in [-0.2, 0) is 14.3 Å². The van der Waals surface area contributed by atoms with Crippen LogP contribution < -0.4 is 0 Å². The summed E-state index contributed by atoms with van der Waals surface area (Å²) in [5.74, 6) is 0. The van der Waals surface area contributed by atoms with Gasteiger partial charge in [0.2, 0.25) is 0 Å². The van der Waals surface area contributed by atoms with Gasteiger partial charge >= 0.3 is 0 Å². The van der Waals surface area contributed by atoms with E-state index in [0.717, 1.165) is 12.7 Å². The van der Waals surface area contributed by atoms with Crippen LogP contribution in [0.1, 0.15) is 12.8 Å². The van der Waals surface area contributed by atoms with Crippen LogP contribution >= 0.6 is 0 Å². The first kappa shape index (κ1) is 9.17. The summed E-state index contributed by atoms with van der Waals surface area (Å²) >= 11 is 0. The summed E-state index contributed by atoms with van der Waals surface area (Å²) in [6.07, 6.45) is 5.47. The molecule has 0 fully saturated rings. The van der Waals surface area contributed by atoms with E-state index in [1.54, 1.807) is 13.2 Å². The molecule has 3 nitrogen and oxygen atoms in total. The number of ether oxygens (including phenoxy) is 2. The van der Waals surface area contributed by atoms with Crippen molar-refractivity contribution in [3.05, 3.63) is 12.3 Å². The predicted molar refractivity (Wildman–Crippen MR) is 37.4 cm³/mol. The van der Waals surface area contributed by atoms with E-state index in [2.05, 4.69) is 4.74 Å². The minimum atomic E-state index is 0.261. The van der Waals surface area contributed by atoms with Gasteiger partial charge in [0.05, 0.1) is 6.26 Å². The second-order valence-corrected chi connectivity index (χ2v) is 1.69. The number of carbonyl (C=O) groups excluding carboxylic acids is 1. The van der Waals surface area contributed by atoms with Gasteiger partial charge in [-0.25, -0.2) is 0 Å². The van der Waals surface area contributed by atoms with Crippen LogP contribution in [0.4, 0.5) is 0 Å². The Balaban J connectivity index is 2.96. The summed E-state index contributed by atoms with van der Waals surface area (Å²) in [6, 6.07) is 0. The molecule has 10 heavy (non-hydrogen) atoms. The monoisotopic (exact) mass is 144 g/mol. The second-order valence-electron chi connectivity index (χ2n) is 1.69. The molecular weight excluding hydrogens is 132 g/mol. The van der Waals surface area contributed by atoms with Gasteiger partial charge in [-0.15, -0.1) is 0 Å². The third-order valence-corrected chi connectivity index (χ3v) is 0.830. The van der Waals surface area contributed by atoms with Gasteiger partial charge in [0.25, 0.3) is 0 Å². The summed E-state index contributed by atoms with van der Waals surface area (Å²) in [5.41, 5.74) is 0. The van der Waals surface area contributed by atoms with Crippen molar-refractivity contribution in [2.75, 3.05) is 13.9 Å². The van der Waals surface area contributed by atoms with Crippen LogP contribution in [0.15, 0.2) is 12.3 Å². The molecule has 0 atom stereocenters. The standard InChI is InChI=1S/C7H12O3/c1-9-7-10-6-4-2-3-5-8/h4-6H,2-3,7H2,1H3/b6-4+. The lowest BCUT2D eigenvalue weighted by atomic mass is 10.3. The number of aldehydes is 1. The molecule has 0 aromatic heterocycles. The first-order valence-corrected chi connectivity index (χ1v) is 3.11. The van der Waals surface area contributed by atoms with Crippen molar-refractivity contribution in [3.63, 3.8) is 0 Å². The number of unbranched alkanes of at least 4 members (excludes halogenated alkanes) is 1. The fraction of sp³-hybridized carbons (Fsp3) is 0.571. The molecule has 0 amide bonds. The molecule has 0 aromatic carbocycles. The molecule has 0 bridgehead atoms. The lowest BCUT2D eigenvalue weighted by Gasteiger charge is -1.94. The van der Waals surface area contributed by atoms with Crippen LogP contribution in [0.25, 0.3) is 0 Å². The molecule has 3 heteroatoms. The van der Waals surface area contributed by atoms with E-state index in [1.807, 2.05) is 0 Å². The van der Waals surface area contributed by atoms with Crippen molar-refractivity contribution in [1.82, 2.24) is 0 Å². The zero-order chi connectivity index (χ0) is 7.66. The maximum Gasteiger partial charge on any atom is 0.187 e. The number of rotatable bonds is 6. The molecule has 0 N–H and O–H groups in total. The minimum absolute atomic E-state index is 0.261. The van der Waals surface area contributed by atoms with E-state index >= 15 is 0 Å². The Morgan fingerprint density at radius 2 is 2.20 bits per heavy atom. The van der Waals surface area contributed by atoms with Crippen LogP contribution in [-0.4, -0.2) is 20.2 Å². The Bertz CT molecular complexity index is 99.0. The van der Waals surface area contributed by atoms with E-state index in [0.29, 0.717) is 6.42 Å². The van der Waals surface area contributed by atoms with Gasteiger partial charge in [0.15, 0.2) is 6.79 Å². The number of allylic oxidation sites excluding steroid dienone is 1. The molecule has 0 aliphatic heterocycles. The van der Waals surface area contributed by atoms with Gasteiger partial charge < -0.3 is 14.3 Å². The Hall–Kier alpha value is -0.830. The first-order valence-electron chi connectivity index (χ1n) is 3.11. The van der Waals surface area contributed by atoms with Gasteiger partial charge in [0.1, 0.15) is 6.29 Å². The van der Waals surface area contributed by atoms with E-state index in [-0.39, 0.29) is 6.79 Å². The molecule has 0 aliphatic carbocycles. The molecule has 0 radical (unpaired) electrons. The first-order chi connectivity index (χ1) is 4.91. The largest absolute Gasteiger partial charge is 0.476 e. The Labute approximate surface area is 60.6 Å². The van der Waals surface area contributed by atoms with E-state index in [4.69, 9.17) is 4.74 Å². The highest BCUT2D eigenvalue weighted by molar-refractivity contribution is 5.49. The van der Waals surface area contributed by atoms with Gasteiger partial charge in [-0.05, 0) is 12.5 Å². The number of hydrogen-bond donors (Lipinski definition) is 0. The zero-order valence-corrected chi connectivity index (χ0v) is 6.08. The SMILES string of the molecule is COCO/C=C/CCC=O. The van der Waals surface area contributed by atoms with Crippen molar-refractivity contribution >= 4 is 6.29 Å². The average Bonchev–Trinajstić information content (AvgIpc) is 1.97. The van der Waals surface area contributed by atoms with Crippen molar-refractivity contribution in [2.24, 2.45) is 0 Å². The normalized spacial score (nSPS) is 10.1. The quantitative estimate of drug-likeness (QED) is 0.242.